The molecule has 1 saturated heterocycles. The summed E-state index contributed by atoms with van der Waals surface area (Å²) in [5, 5.41) is 0. The van der Waals surface area contributed by atoms with E-state index in [1.807, 2.05) is 0 Å². The zero-order valence-electron chi connectivity index (χ0n) is 12.8. The van der Waals surface area contributed by atoms with Crippen molar-refractivity contribution in [2.75, 3.05) is 20.1 Å². The highest BCUT2D eigenvalue weighted by molar-refractivity contribution is 5.78. The SMILES string of the molecule is C[N+]1(C=C(c2ccccc2)c2ccccc2)CCCCC1. The van der Waals surface area contributed by atoms with Gasteiger partial charge in [0.15, 0.2) is 0 Å². The molecule has 2 aromatic rings. The summed E-state index contributed by atoms with van der Waals surface area (Å²) in [6, 6.07) is 21.6. The van der Waals surface area contributed by atoms with Crippen LogP contribution in [0, 0.1) is 0 Å². The number of quaternary nitrogens is 1. The van der Waals surface area contributed by atoms with Crippen molar-refractivity contribution in [3.8, 4) is 0 Å². The number of nitrogens with zero attached hydrogens (tertiary/aromatic N) is 1. The predicted molar refractivity (Wildman–Crippen MR) is 89.7 cm³/mol. The van der Waals surface area contributed by atoms with E-state index in [0.29, 0.717) is 0 Å². The van der Waals surface area contributed by atoms with E-state index in [9.17, 15) is 0 Å². The van der Waals surface area contributed by atoms with Gasteiger partial charge in [0.1, 0.15) is 6.20 Å². The summed E-state index contributed by atoms with van der Waals surface area (Å²) in [7, 11) is 2.37. The first-order valence-corrected chi connectivity index (χ1v) is 7.95. The Morgan fingerprint density at radius 2 is 1.24 bits per heavy atom. The Morgan fingerprint density at radius 1 is 0.762 bits per heavy atom. The van der Waals surface area contributed by atoms with Gasteiger partial charge in [0.2, 0.25) is 0 Å². The van der Waals surface area contributed by atoms with Crippen LogP contribution in [0.25, 0.3) is 5.57 Å². The van der Waals surface area contributed by atoms with Gasteiger partial charge >= 0.3 is 0 Å². The summed E-state index contributed by atoms with van der Waals surface area (Å²) in [5.74, 6) is 0. The van der Waals surface area contributed by atoms with Crippen LogP contribution in [0.1, 0.15) is 30.4 Å². The average Bonchev–Trinajstić information content (AvgIpc) is 2.55. The second-order valence-corrected chi connectivity index (χ2v) is 6.26. The molecule has 1 aliphatic rings. The molecule has 0 spiro atoms. The van der Waals surface area contributed by atoms with Crippen LogP contribution in [0.5, 0.6) is 0 Å². The van der Waals surface area contributed by atoms with Crippen LogP contribution in [0.2, 0.25) is 0 Å². The van der Waals surface area contributed by atoms with Crippen LogP contribution >= 0.6 is 0 Å². The third-order valence-corrected chi connectivity index (χ3v) is 4.45. The van der Waals surface area contributed by atoms with Crippen LogP contribution in [0.3, 0.4) is 0 Å². The smallest absolute Gasteiger partial charge is 0.104 e. The molecule has 1 heterocycles. The Labute approximate surface area is 128 Å². The molecule has 1 nitrogen and oxygen atoms in total. The normalized spacial score (nSPS) is 17.2. The topological polar surface area (TPSA) is 0 Å². The molecule has 3 rings (SSSR count). The minimum absolute atomic E-state index is 1.05. The van der Waals surface area contributed by atoms with E-state index in [1.54, 1.807) is 0 Å². The van der Waals surface area contributed by atoms with Gasteiger partial charge in [0.05, 0.1) is 20.1 Å². The molecular weight excluding hydrogens is 254 g/mol. The number of hydrogen-bond donors (Lipinski definition) is 0. The average molecular weight is 278 g/mol. The maximum Gasteiger partial charge on any atom is 0.104 e. The zero-order chi connectivity index (χ0) is 14.5. The van der Waals surface area contributed by atoms with Crippen LogP contribution in [-0.4, -0.2) is 24.6 Å². The monoisotopic (exact) mass is 278 g/mol. The number of piperidine rings is 1. The van der Waals surface area contributed by atoms with Crippen LogP contribution in [0.4, 0.5) is 0 Å². The van der Waals surface area contributed by atoms with Gasteiger partial charge in [-0.25, -0.2) is 0 Å². The molecule has 0 bridgehead atoms. The predicted octanol–water partition coefficient (Wildman–Crippen LogP) is 4.71. The maximum absolute atomic E-state index is 2.48. The van der Waals surface area contributed by atoms with Gasteiger partial charge in [-0.2, -0.15) is 0 Å². The molecule has 21 heavy (non-hydrogen) atoms. The van der Waals surface area contributed by atoms with Crippen LogP contribution < -0.4 is 0 Å². The number of likely N-dealkylation sites (tertiary alicyclic amines) is 1. The molecule has 0 aliphatic carbocycles. The first-order chi connectivity index (χ1) is 10.3. The van der Waals surface area contributed by atoms with Crippen molar-refractivity contribution in [1.82, 2.24) is 0 Å². The molecule has 0 N–H and O–H groups in total. The third-order valence-electron chi connectivity index (χ3n) is 4.45. The van der Waals surface area contributed by atoms with E-state index in [2.05, 4.69) is 73.9 Å². The molecule has 0 aromatic heterocycles. The summed E-state index contributed by atoms with van der Waals surface area (Å²) in [6.45, 7) is 2.51. The summed E-state index contributed by atoms with van der Waals surface area (Å²) in [4.78, 5) is 0. The molecule has 1 aliphatic heterocycles. The highest BCUT2D eigenvalue weighted by Gasteiger charge is 2.24. The highest BCUT2D eigenvalue weighted by atomic mass is 15.3. The van der Waals surface area contributed by atoms with Gasteiger partial charge in [-0.3, -0.25) is 4.48 Å². The van der Waals surface area contributed by atoms with E-state index >= 15 is 0 Å². The van der Waals surface area contributed by atoms with Gasteiger partial charge in [0, 0.05) is 5.57 Å². The Balaban J connectivity index is 2.04. The van der Waals surface area contributed by atoms with Crippen molar-refractivity contribution in [1.29, 1.82) is 0 Å². The van der Waals surface area contributed by atoms with Gasteiger partial charge in [0.25, 0.3) is 0 Å². The van der Waals surface area contributed by atoms with E-state index in [4.69, 9.17) is 0 Å². The fourth-order valence-electron chi connectivity index (χ4n) is 3.23. The largest absolute Gasteiger partial charge is 0.299 e. The van der Waals surface area contributed by atoms with Gasteiger partial charge in [-0.1, -0.05) is 60.7 Å². The summed E-state index contributed by atoms with van der Waals surface area (Å²) in [6.07, 6.45) is 6.53. The fraction of sp³-hybridized carbons (Fsp3) is 0.300. The number of rotatable bonds is 3. The lowest BCUT2D eigenvalue weighted by molar-refractivity contribution is -0.864. The van der Waals surface area contributed by atoms with E-state index < -0.39 is 0 Å². The summed E-state index contributed by atoms with van der Waals surface area (Å²) in [5.41, 5.74) is 3.99. The first-order valence-electron chi connectivity index (χ1n) is 7.95. The lowest BCUT2D eigenvalue weighted by atomic mass is 9.97. The van der Waals surface area contributed by atoms with Crippen molar-refractivity contribution in [3.63, 3.8) is 0 Å². The van der Waals surface area contributed by atoms with Crippen molar-refractivity contribution in [2.24, 2.45) is 0 Å². The number of benzene rings is 2. The van der Waals surface area contributed by atoms with Gasteiger partial charge in [-0.15, -0.1) is 0 Å². The Hall–Kier alpha value is -1.86. The molecule has 1 fully saturated rings. The van der Waals surface area contributed by atoms with Crippen molar-refractivity contribution in [2.45, 2.75) is 19.3 Å². The van der Waals surface area contributed by atoms with Crippen LogP contribution in [0.15, 0.2) is 66.9 Å². The second kappa shape index (κ2) is 6.28. The zero-order valence-corrected chi connectivity index (χ0v) is 12.8. The standard InChI is InChI=1S/C20H24N/c1-21(15-9-4-10-16-21)17-20(18-11-5-2-6-12-18)19-13-7-3-8-14-19/h2-3,5-8,11-14,17H,4,9-10,15-16H2,1H3/q+1. The lowest BCUT2D eigenvalue weighted by Gasteiger charge is -2.35. The molecule has 0 unspecified atom stereocenters. The summed E-state index contributed by atoms with van der Waals surface area (Å²) < 4.78 is 1.05. The van der Waals surface area contributed by atoms with Crippen molar-refractivity contribution >= 4 is 5.57 Å². The van der Waals surface area contributed by atoms with E-state index in [1.165, 1.54) is 49.1 Å². The van der Waals surface area contributed by atoms with E-state index in [0.717, 1.165) is 4.48 Å². The van der Waals surface area contributed by atoms with Gasteiger partial charge in [-0.05, 0) is 30.4 Å². The van der Waals surface area contributed by atoms with E-state index in [-0.39, 0.29) is 0 Å². The molecular formula is C20H24N+. The molecule has 0 saturated carbocycles. The Kier molecular flexibility index (Phi) is 4.21. The fourth-order valence-corrected chi connectivity index (χ4v) is 3.23. The quantitative estimate of drug-likeness (QED) is 0.713. The highest BCUT2D eigenvalue weighted by Crippen LogP contribution is 2.27. The molecule has 2 aromatic carbocycles. The first kappa shape index (κ1) is 14.1. The van der Waals surface area contributed by atoms with Crippen LogP contribution in [-0.2, 0) is 0 Å². The maximum atomic E-state index is 2.48. The lowest BCUT2D eigenvalue weighted by Crippen LogP contribution is -2.43. The second-order valence-electron chi connectivity index (χ2n) is 6.26. The minimum Gasteiger partial charge on any atom is -0.299 e. The molecule has 0 amide bonds. The van der Waals surface area contributed by atoms with Crippen molar-refractivity contribution < 1.29 is 4.48 Å². The molecule has 0 radical (unpaired) electrons. The summed E-state index contributed by atoms with van der Waals surface area (Å²) >= 11 is 0. The molecule has 1 heteroatoms. The minimum atomic E-state index is 1.05. The Bertz CT molecular complexity index is 551. The van der Waals surface area contributed by atoms with Crippen molar-refractivity contribution in [3.05, 3.63) is 78.0 Å². The Morgan fingerprint density at radius 3 is 1.71 bits per heavy atom. The number of hydrogen-bond acceptors (Lipinski definition) is 0. The molecule has 0 atom stereocenters. The molecule has 108 valence electrons. The third kappa shape index (κ3) is 3.43. The van der Waals surface area contributed by atoms with Gasteiger partial charge < -0.3 is 0 Å².